The number of nitrogens with two attached hydrogens (primary N) is 1. The maximum Gasteiger partial charge on any atom is 0.224 e. The lowest BCUT2D eigenvalue weighted by Crippen LogP contribution is -2.46. The van der Waals surface area contributed by atoms with E-state index in [-0.39, 0.29) is 6.04 Å². The van der Waals surface area contributed by atoms with Crippen molar-refractivity contribution in [1.82, 2.24) is 9.80 Å². The van der Waals surface area contributed by atoms with Crippen LogP contribution in [-0.4, -0.2) is 55.0 Å². The average Bonchev–Trinajstić information content (AvgIpc) is 2.40. The molecule has 0 bridgehead atoms. The number of hydrogen-bond donors (Lipinski definition) is 1. The van der Waals surface area contributed by atoms with E-state index in [4.69, 9.17) is 5.73 Å². The van der Waals surface area contributed by atoms with E-state index in [1.165, 1.54) is 25.7 Å². The highest BCUT2D eigenvalue weighted by Crippen LogP contribution is 2.27. The lowest BCUT2D eigenvalue weighted by atomic mass is 9.85. The van der Waals surface area contributed by atoms with E-state index in [9.17, 15) is 4.79 Å². The molecule has 0 aromatic heterocycles. The summed E-state index contributed by atoms with van der Waals surface area (Å²) in [5.74, 6) is 1.14. The summed E-state index contributed by atoms with van der Waals surface area (Å²) in [6, 6.07) is 0.218. The highest BCUT2D eigenvalue weighted by atomic mass is 16.2. The second-order valence-electron chi connectivity index (χ2n) is 6.27. The van der Waals surface area contributed by atoms with Crippen molar-refractivity contribution >= 4 is 5.91 Å². The van der Waals surface area contributed by atoms with Crippen LogP contribution in [0.4, 0.5) is 0 Å². The van der Waals surface area contributed by atoms with Gasteiger partial charge in [0, 0.05) is 38.6 Å². The standard InChI is InChI=1S/C15H29N3O/c1-17(12-13-6-5-7-13)14(11-16)10-15(19)18-8-3-2-4-9-18/h13-14H,2-12,16H2,1H3. The van der Waals surface area contributed by atoms with E-state index in [2.05, 4.69) is 11.9 Å². The first kappa shape index (κ1) is 14.8. The zero-order valence-electron chi connectivity index (χ0n) is 12.3. The first-order valence-corrected chi connectivity index (χ1v) is 7.88. The molecule has 1 atom stereocenters. The Bertz CT molecular complexity index is 285. The maximum absolute atomic E-state index is 12.3. The highest BCUT2D eigenvalue weighted by Gasteiger charge is 2.25. The number of amides is 1. The van der Waals surface area contributed by atoms with Gasteiger partial charge >= 0.3 is 0 Å². The summed E-state index contributed by atoms with van der Waals surface area (Å²) in [7, 11) is 2.12. The molecule has 4 heteroatoms. The molecule has 1 aliphatic heterocycles. The number of nitrogens with zero attached hydrogens (tertiary/aromatic N) is 2. The Hall–Kier alpha value is -0.610. The van der Waals surface area contributed by atoms with Crippen LogP contribution in [0.15, 0.2) is 0 Å². The van der Waals surface area contributed by atoms with Crippen LogP contribution < -0.4 is 5.73 Å². The van der Waals surface area contributed by atoms with Crippen molar-refractivity contribution in [2.24, 2.45) is 11.7 Å². The number of likely N-dealkylation sites (tertiary alicyclic amines) is 1. The molecule has 0 aromatic rings. The van der Waals surface area contributed by atoms with Crippen molar-refractivity contribution in [3.63, 3.8) is 0 Å². The minimum absolute atomic E-state index is 0.218. The Kier molecular flexibility index (Phi) is 5.64. The molecular weight excluding hydrogens is 238 g/mol. The van der Waals surface area contributed by atoms with Gasteiger partial charge in [-0.25, -0.2) is 0 Å². The Balaban J connectivity index is 1.77. The summed E-state index contributed by atoms with van der Waals surface area (Å²) < 4.78 is 0. The molecule has 2 fully saturated rings. The van der Waals surface area contributed by atoms with E-state index in [0.717, 1.165) is 38.4 Å². The average molecular weight is 267 g/mol. The summed E-state index contributed by atoms with van der Waals surface area (Å²) in [5.41, 5.74) is 5.87. The molecule has 0 spiro atoms. The predicted molar refractivity (Wildman–Crippen MR) is 77.9 cm³/mol. The minimum Gasteiger partial charge on any atom is -0.343 e. The number of hydrogen-bond acceptors (Lipinski definition) is 3. The third-order valence-electron chi connectivity index (χ3n) is 4.79. The zero-order valence-corrected chi connectivity index (χ0v) is 12.3. The van der Waals surface area contributed by atoms with Crippen LogP contribution in [-0.2, 0) is 4.79 Å². The molecule has 1 saturated carbocycles. The van der Waals surface area contributed by atoms with Crippen LogP contribution in [0.25, 0.3) is 0 Å². The number of piperidine rings is 1. The lowest BCUT2D eigenvalue weighted by molar-refractivity contribution is -0.133. The lowest BCUT2D eigenvalue weighted by Gasteiger charge is -2.35. The topological polar surface area (TPSA) is 49.6 Å². The third kappa shape index (κ3) is 4.18. The van der Waals surface area contributed by atoms with Gasteiger partial charge < -0.3 is 15.5 Å². The molecule has 1 unspecified atom stereocenters. The summed E-state index contributed by atoms with van der Waals surface area (Å²) in [4.78, 5) is 16.6. The maximum atomic E-state index is 12.3. The van der Waals surface area contributed by atoms with E-state index in [1.54, 1.807) is 0 Å². The van der Waals surface area contributed by atoms with Crippen molar-refractivity contribution in [3.05, 3.63) is 0 Å². The van der Waals surface area contributed by atoms with Gasteiger partial charge in [0.1, 0.15) is 0 Å². The largest absolute Gasteiger partial charge is 0.343 e. The van der Waals surface area contributed by atoms with E-state index < -0.39 is 0 Å². The molecule has 0 radical (unpaired) electrons. The zero-order chi connectivity index (χ0) is 13.7. The molecule has 0 aromatic carbocycles. The fraction of sp³-hybridized carbons (Fsp3) is 0.933. The molecule has 2 N–H and O–H groups in total. The fourth-order valence-corrected chi connectivity index (χ4v) is 3.12. The van der Waals surface area contributed by atoms with Gasteiger partial charge in [0.15, 0.2) is 0 Å². The van der Waals surface area contributed by atoms with Crippen LogP contribution in [0.2, 0.25) is 0 Å². The van der Waals surface area contributed by atoms with Crippen molar-refractivity contribution in [3.8, 4) is 0 Å². The molecule has 2 aliphatic rings. The minimum atomic E-state index is 0.218. The quantitative estimate of drug-likeness (QED) is 0.792. The van der Waals surface area contributed by atoms with Gasteiger partial charge in [0.25, 0.3) is 0 Å². The molecule has 19 heavy (non-hydrogen) atoms. The first-order valence-electron chi connectivity index (χ1n) is 7.88. The molecule has 1 amide bonds. The predicted octanol–water partition coefficient (Wildman–Crippen LogP) is 1.45. The van der Waals surface area contributed by atoms with Crippen LogP contribution in [0.3, 0.4) is 0 Å². The van der Waals surface area contributed by atoms with Gasteiger partial charge in [0.2, 0.25) is 5.91 Å². The molecule has 1 heterocycles. The molecule has 1 aliphatic carbocycles. The van der Waals surface area contributed by atoms with Gasteiger partial charge in [-0.2, -0.15) is 0 Å². The van der Waals surface area contributed by atoms with E-state index >= 15 is 0 Å². The Morgan fingerprint density at radius 3 is 2.47 bits per heavy atom. The van der Waals surface area contributed by atoms with Gasteiger partial charge in [-0.1, -0.05) is 6.42 Å². The summed E-state index contributed by atoms with van der Waals surface area (Å²) in [5, 5.41) is 0. The molecule has 2 rings (SSSR count). The normalized spacial score (nSPS) is 22.4. The first-order chi connectivity index (χ1) is 9.20. The van der Waals surface area contributed by atoms with Crippen molar-refractivity contribution in [2.75, 3.05) is 33.2 Å². The van der Waals surface area contributed by atoms with E-state index in [0.29, 0.717) is 18.9 Å². The van der Waals surface area contributed by atoms with Gasteiger partial charge in [-0.15, -0.1) is 0 Å². The second-order valence-corrected chi connectivity index (χ2v) is 6.27. The second kappa shape index (κ2) is 7.25. The van der Waals surface area contributed by atoms with Crippen molar-refractivity contribution in [1.29, 1.82) is 0 Å². The third-order valence-corrected chi connectivity index (χ3v) is 4.79. The Morgan fingerprint density at radius 2 is 1.95 bits per heavy atom. The van der Waals surface area contributed by atoms with Gasteiger partial charge in [0.05, 0.1) is 0 Å². The van der Waals surface area contributed by atoms with Gasteiger partial charge in [-0.3, -0.25) is 4.79 Å². The number of likely N-dealkylation sites (N-methyl/N-ethyl adjacent to an activating group) is 1. The number of carbonyl (C=O) groups excluding carboxylic acids is 1. The molecule has 110 valence electrons. The van der Waals surface area contributed by atoms with Crippen molar-refractivity contribution in [2.45, 2.75) is 51.0 Å². The molecular formula is C15H29N3O. The van der Waals surface area contributed by atoms with Crippen LogP contribution in [0, 0.1) is 5.92 Å². The van der Waals surface area contributed by atoms with Crippen LogP contribution in [0.5, 0.6) is 0 Å². The molecule has 4 nitrogen and oxygen atoms in total. The summed E-state index contributed by atoms with van der Waals surface area (Å²) in [6.45, 7) is 3.59. The monoisotopic (exact) mass is 267 g/mol. The number of carbonyl (C=O) groups is 1. The Morgan fingerprint density at radius 1 is 1.26 bits per heavy atom. The van der Waals surface area contributed by atoms with Crippen LogP contribution in [0.1, 0.15) is 44.9 Å². The Labute approximate surface area is 117 Å². The van der Waals surface area contributed by atoms with Crippen LogP contribution >= 0.6 is 0 Å². The highest BCUT2D eigenvalue weighted by molar-refractivity contribution is 5.76. The number of rotatable bonds is 6. The van der Waals surface area contributed by atoms with E-state index in [1.807, 2.05) is 4.90 Å². The summed E-state index contributed by atoms with van der Waals surface area (Å²) in [6.07, 6.45) is 8.27. The summed E-state index contributed by atoms with van der Waals surface area (Å²) >= 11 is 0. The SMILES string of the molecule is CN(CC1CCC1)C(CN)CC(=O)N1CCCCC1. The fourth-order valence-electron chi connectivity index (χ4n) is 3.12. The molecule has 1 saturated heterocycles. The van der Waals surface area contributed by atoms with Gasteiger partial charge in [-0.05, 0) is 45.1 Å². The smallest absolute Gasteiger partial charge is 0.224 e. The van der Waals surface area contributed by atoms with Crippen molar-refractivity contribution < 1.29 is 4.79 Å².